The molecule has 2 atom stereocenters. The molecule has 0 aromatic heterocycles. The largest absolute Gasteiger partial charge is 0.465 e. The molecule has 0 aromatic carbocycles. The number of nitrogens with zero attached hydrogens (tertiary/aromatic N) is 1. The maximum absolute atomic E-state index is 12.4. The fourth-order valence-corrected chi connectivity index (χ4v) is 2.62. The summed E-state index contributed by atoms with van der Waals surface area (Å²) in [6, 6.07) is 0.982. The van der Waals surface area contributed by atoms with Crippen molar-refractivity contribution in [2.24, 2.45) is 0 Å². The topological polar surface area (TPSA) is 41.6 Å². The van der Waals surface area contributed by atoms with Crippen molar-refractivity contribution >= 4 is 5.97 Å². The molecule has 1 aliphatic rings. The Labute approximate surface area is 130 Å². The van der Waals surface area contributed by atoms with E-state index in [-0.39, 0.29) is 5.97 Å². The number of hydrogen-bond donors (Lipinski definition) is 1. The summed E-state index contributed by atoms with van der Waals surface area (Å²) < 4.78 is 5.33. The molecule has 1 saturated carbocycles. The Morgan fingerprint density at radius 2 is 2.05 bits per heavy atom. The Hall–Kier alpha value is -0.610. The first kappa shape index (κ1) is 18.4. The summed E-state index contributed by atoms with van der Waals surface area (Å²) in [4.78, 5) is 14.9. The Kier molecular flexibility index (Phi) is 7.67. The lowest BCUT2D eigenvalue weighted by molar-refractivity contribution is -0.151. The molecular formula is C17H34N2O2. The fourth-order valence-electron chi connectivity index (χ4n) is 2.62. The summed E-state index contributed by atoms with van der Waals surface area (Å²) in [5.41, 5.74) is -0.589. The third-order valence-electron chi connectivity index (χ3n) is 4.36. The second-order valence-electron chi connectivity index (χ2n) is 6.55. The monoisotopic (exact) mass is 298 g/mol. The lowest BCUT2D eigenvalue weighted by Gasteiger charge is -2.37. The van der Waals surface area contributed by atoms with Gasteiger partial charge in [-0.05, 0) is 53.0 Å². The number of carbonyl (C=O) groups excluding carboxylic acids is 1. The van der Waals surface area contributed by atoms with Crippen LogP contribution in [0.5, 0.6) is 0 Å². The Morgan fingerprint density at radius 3 is 2.52 bits per heavy atom. The molecule has 2 unspecified atom stereocenters. The van der Waals surface area contributed by atoms with Gasteiger partial charge in [0.05, 0.1) is 6.61 Å². The lowest BCUT2D eigenvalue weighted by Crippen LogP contribution is -2.59. The van der Waals surface area contributed by atoms with Crippen LogP contribution >= 0.6 is 0 Å². The van der Waals surface area contributed by atoms with E-state index in [1.54, 1.807) is 0 Å². The van der Waals surface area contributed by atoms with E-state index in [0.29, 0.717) is 18.7 Å². The second kappa shape index (κ2) is 8.74. The molecule has 4 nitrogen and oxygen atoms in total. The smallest absolute Gasteiger partial charge is 0.327 e. The van der Waals surface area contributed by atoms with Crippen molar-refractivity contribution in [1.82, 2.24) is 10.2 Å². The van der Waals surface area contributed by atoms with Crippen molar-refractivity contribution in [1.29, 1.82) is 0 Å². The minimum Gasteiger partial charge on any atom is -0.465 e. The lowest BCUT2D eigenvalue weighted by atomic mass is 9.99. The number of unbranched alkanes of at least 4 members (excludes halogenated alkanes) is 1. The second-order valence-corrected chi connectivity index (χ2v) is 6.55. The van der Waals surface area contributed by atoms with E-state index in [4.69, 9.17) is 4.74 Å². The van der Waals surface area contributed by atoms with E-state index >= 15 is 0 Å². The number of carbonyl (C=O) groups is 1. The van der Waals surface area contributed by atoms with Crippen molar-refractivity contribution in [2.75, 3.05) is 19.7 Å². The SMILES string of the molecule is CCCCN(CC(C)(NC1CC1)C(=O)OCC)C(C)CC. The summed E-state index contributed by atoms with van der Waals surface area (Å²) in [6.07, 6.45) is 5.80. The zero-order valence-corrected chi connectivity index (χ0v) is 14.6. The van der Waals surface area contributed by atoms with Gasteiger partial charge in [0, 0.05) is 18.6 Å². The highest BCUT2D eigenvalue weighted by Crippen LogP contribution is 2.24. The van der Waals surface area contributed by atoms with Gasteiger partial charge in [-0.2, -0.15) is 0 Å². The molecule has 0 spiro atoms. The van der Waals surface area contributed by atoms with E-state index in [9.17, 15) is 4.79 Å². The molecule has 0 amide bonds. The highest BCUT2D eigenvalue weighted by molar-refractivity contribution is 5.80. The van der Waals surface area contributed by atoms with Gasteiger partial charge in [-0.15, -0.1) is 0 Å². The van der Waals surface area contributed by atoms with Crippen LogP contribution in [0.4, 0.5) is 0 Å². The maximum Gasteiger partial charge on any atom is 0.327 e. The third kappa shape index (κ3) is 5.95. The van der Waals surface area contributed by atoms with Crippen LogP contribution in [0, 0.1) is 0 Å². The third-order valence-corrected chi connectivity index (χ3v) is 4.36. The Morgan fingerprint density at radius 1 is 1.38 bits per heavy atom. The molecule has 0 bridgehead atoms. The Bertz CT molecular complexity index is 318. The summed E-state index contributed by atoms with van der Waals surface area (Å²) in [5.74, 6) is -0.110. The van der Waals surface area contributed by atoms with Crippen LogP contribution in [0.1, 0.15) is 66.7 Å². The van der Waals surface area contributed by atoms with Crippen molar-refractivity contribution in [3.63, 3.8) is 0 Å². The van der Waals surface area contributed by atoms with Gasteiger partial charge in [-0.3, -0.25) is 15.0 Å². The van der Waals surface area contributed by atoms with E-state index in [1.807, 2.05) is 13.8 Å². The van der Waals surface area contributed by atoms with Crippen molar-refractivity contribution in [2.45, 2.75) is 84.3 Å². The van der Waals surface area contributed by atoms with Gasteiger partial charge in [0.2, 0.25) is 0 Å². The van der Waals surface area contributed by atoms with Gasteiger partial charge < -0.3 is 4.74 Å². The van der Waals surface area contributed by atoms with Crippen LogP contribution in [-0.2, 0) is 9.53 Å². The molecule has 1 fully saturated rings. The van der Waals surface area contributed by atoms with Gasteiger partial charge in [0.15, 0.2) is 0 Å². The van der Waals surface area contributed by atoms with Crippen LogP contribution in [0.3, 0.4) is 0 Å². The first-order valence-corrected chi connectivity index (χ1v) is 8.65. The molecule has 0 radical (unpaired) electrons. The average molecular weight is 298 g/mol. The van der Waals surface area contributed by atoms with Gasteiger partial charge in [0.1, 0.15) is 5.54 Å². The molecule has 1 rings (SSSR count). The average Bonchev–Trinajstić information content (AvgIpc) is 3.26. The van der Waals surface area contributed by atoms with Crippen molar-refractivity contribution in [3.8, 4) is 0 Å². The zero-order chi connectivity index (χ0) is 15.9. The van der Waals surface area contributed by atoms with Crippen LogP contribution in [0.25, 0.3) is 0 Å². The number of nitrogens with one attached hydrogen (secondary N) is 1. The van der Waals surface area contributed by atoms with Crippen molar-refractivity contribution < 1.29 is 9.53 Å². The van der Waals surface area contributed by atoms with Gasteiger partial charge in [-0.1, -0.05) is 20.3 Å². The first-order chi connectivity index (χ1) is 9.96. The van der Waals surface area contributed by atoms with Gasteiger partial charge in [-0.25, -0.2) is 0 Å². The predicted octanol–water partition coefficient (Wildman–Crippen LogP) is 2.96. The molecule has 0 heterocycles. The summed E-state index contributed by atoms with van der Waals surface area (Å²) in [7, 11) is 0. The van der Waals surface area contributed by atoms with Gasteiger partial charge in [0.25, 0.3) is 0 Å². The Balaban J connectivity index is 2.76. The van der Waals surface area contributed by atoms with Crippen molar-refractivity contribution in [3.05, 3.63) is 0 Å². The molecule has 4 heteroatoms. The molecule has 124 valence electrons. The highest BCUT2D eigenvalue weighted by Gasteiger charge is 2.41. The normalized spacial score (nSPS) is 19.3. The number of esters is 1. The van der Waals surface area contributed by atoms with Crippen LogP contribution < -0.4 is 5.32 Å². The van der Waals surface area contributed by atoms with E-state index in [2.05, 4.69) is 31.0 Å². The molecule has 0 aromatic rings. The number of ether oxygens (including phenoxy) is 1. The number of hydrogen-bond acceptors (Lipinski definition) is 4. The maximum atomic E-state index is 12.4. The van der Waals surface area contributed by atoms with E-state index in [0.717, 1.165) is 19.5 Å². The summed E-state index contributed by atoms with van der Waals surface area (Å²) >= 11 is 0. The van der Waals surface area contributed by atoms with E-state index < -0.39 is 5.54 Å². The summed E-state index contributed by atoms with van der Waals surface area (Å²) in [6.45, 7) is 12.8. The molecule has 0 aliphatic heterocycles. The van der Waals surface area contributed by atoms with Crippen LogP contribution in [0.2, 0.25) is 0 Å². The van der Waals surface area contributed by atoms with Gasteiger partial charge >= 0.3 is 5.97 Å². The molecule has 1 aliphatic carbocycles. The van der Waals surface area contributed by atoms with Crippen LogP contribution in [0.15, 0.2) is 0 Å². The molecule has 1 N–H and O–H groups in total. The molecule has 0 saturated heterocycles. The first-order valence-electron chi connectivity index (χ1n) is 8.65. The summed E-state index contributed by atoms with van der Waals surface area (Å²) in [5, 5.41) is 3.52. The fraction of sp³-hybridized carbons (Fsp3) is 0.941. The quantitative estimate of drug-likeness (QED) is 0.596. The minimum atomic E-state index is -0.589. The zero-order valence-electron chi connectivity index (χ0n) is 14.6. The number of rotatable bonds is 11. The standard InChI is InChI=1S/C17H34N2O2/c1-6-9-12-19(14(4)7-2)13-17(5,16(20)21-8-3)18-15-10-11-15/h14-15,18H,6-13H2,1-5H3. The van der Waals surface area contributed by atoms with Crippen LogP contribution in [-0.4, -0.2) is 48.2 Å². The minimum absolute atomic E-state index is 0.110. The highest BCUT2D eigenvalue weighted by atomic mass is 16.5. The predicted molar refractivity (Wildman–Crippen MR) is 87.4 cm³/mol. The molecular weight excluding hydrogens is 264 g/mol. The van der Waals surface area contributed by atoms with E-state index in [1.165, 1.54) is 25.7 Å². The molecule has 21 heavy (non-hydrogen) atoms.